The summed E-state index contributed by atoms with van der Waals surface area (Å²) in [6, 6.07) is 8.08. The summed E-state index contributed by atoms with van der Waals surface area (Å²) in [5.41, 5.74) is 2.06. The second kappa shape index (κ2) is 7.32. The molecule has 1 saturated heterocycles. The maximum absolute atomic E-state index is 12.5. The van der Waals surface area contributed by atoms with E-state index in [0.29, 0.717) is 6.54 Å². The molecule has 0 spiro atoms. The first-order valence-electron chi connectivity index (χ1n) is 8.75. The second-order valence-electron chi connectivity index (χ2n) is 6.51. The van der Waals surface area contributed by atoms with Gasteiger partial charge in [0.1, 0.15) is 0 Å². The normalized spacial score (nSPS) is 18.0. The number of carbonyl (C=O) groups excluding carboxylic acids is 1. The topological polar surface area (TPSA) is 53.4 Å². The molecular formula is C18H27N5O. The van der Waals surface area contributed by atoms with Gasteiger partial charge in [-0.05, 0) is 27.0 Å². The van der Waals surface area contributed by atoms with Gasteiger partial charge in [0.05, 0.1) is 23.8 Å². The highest BCUT2D eigenvalue weighted by molar-refractivity contribution is 5.84. The Labute approximate surface area is 143 Å². The number of fused-ring (bicyclic) bond motifs is 1. The molecular weight excluding hydrogens is 302 g/mol. The monoisotopic (exact) mass is 329 g/mol. The number of hydrogen-bond acceptors (Lipinski definition) is 4. The van der Waals surface area contributed by atoms with Crippen LogP contribution in [0.3, 0.4) is 0 Å². The third kappa shape index (κ3) is 3.44. The Morgan fingerprint density at radius 3 is 2.67 bits per heavy atom. The van der Waals surface area contributed by atoms with E-state index >= 15 is 0 Å². The number of aryl methyl sites for hydroxylation is 1. The van der Waals surface area contributed by atoms with Gasteiger partial charge in [0.15, 0.2) is 0 Å². The van der Waals surface area contributed by atoms with Crippen LogP contribution in [0.4, 0.5) is 0 Å². The predicted molar refractivity (Wildman–Crippen MR) is 95.8 cm³/mol. The number of aromatic nitrogens is 2. The van der Waals surface area contributed by atoms with Gasteiger partial charge in [-0.15, -0.1) is 0 Å². The van der Waals surface area contributed by atoms with Crippen LogP contribution >= 0.6 is 0 Å². The molecule has 2 aromatic rings. The first kappa shape index (κ1) is 16.9. The molecule has 1 atom stereocenters. The summed E-state index contributed by atoms with van der Waals surface area (Å²) >= 11 is 0. The first-order chi connectivity index (χ1) is 11.6. The fraction of sp³-hybridized carbons (Fsp3) is 0.556. The van der Waals surface area contributed by atoms with Gasteiger partial charge in [0.25, 0.3) is 0 Å². The van der Waals surface area contributed by atoms with Crippen molar-refractivity contribution in [2.75, 3.05) is 33.2 Å². The fourth-order valence-electron chi connectivity index (χ4n) is 3.26. The highest BCUT2D eigenvalue weighted by Gasteiger charge is 2.24. The lowest BCUT2D eigenvalue weighted by molar-refractivity contribution is -0.126. The van der Waals surface area contributed by atoms with Gasteiger partial charge in [-0.25, -0.2) is 0 Å². The van der Waals surface area contributed by atoms with Crippen LogP contribution in [0, 0.1) is 0 Å². The van der Waals surface area contributed by atoms with Crippen molar-refractivity contribution in [2.45, 2.75) is 33.0 Å². The van der Waals surface area contributed by atoms with Crippen molar-refractivity contribution in [3.63, 3.8) is 0 Å². The van der Waals surface area contributed by atoms with Crippen LogP contribution in [0.15, 0.2) is 24.3 Å². The molecule has 1 fully saturated rings. The van der Waals surface area contributed by atoms with Gasteiger partial charge in [0.2, 0.25) is 5.91 Å². The third-order valence-electron chi connectivity index (χ3n) is 4.93. The van der Waals surface area contributed by atoms with Crippen molar-refractivity contribution in [3.05, 3.63) is 30.0 Å². The molecule has 6 nitrogen and oxygen atoms in total. The zero-order chi connectivity index (χ0) is 17.1. The highest BCUT2D eigenvalue weighted by atomic mass is 16.2. The molecule has 1 N–H and O–H groups in total. The third-order valence-corrected chi connectivity index (χ3v) is 4.93. The average Bonchev–Trinajstić information content (AvgIpc) is 2.98. The Morgan fingerprint density at radius 2 is 1.96 bits per heavy atom. The Bertz CT molecular complexity index is 702. The fourth-order valence-corrected chi connectivity index (χ4v) is 3.26. The zero-order valence-electron chi connectivity index (χ0n) is 14.8. The van der Waals surface area contributed by atoms with Crippen molar-refractivity contribution < 1.29 is 4.79 Å². The summed E-state index contributed by atoms with van der Waals surface area (Å²) in [6.45, 7) is 9.29. The van der Waals surface area contributed by atoms with Crippen molar-refractivity contribution in [2.24, 2.45) is 0 Å². The summed E-state index contributed by atoms with van der Waals surface area (Å²) in [7, 11) is 2.12. The van der Waals surface area contributed by atoms with E-state index in [1.807, 2.05) is 23.7 Å². The number of amides is 1. The van der Waals surface area contributed by atoms with E-state index in [2.05, 4.69) is 46.3 Å². The first-order valence-corrected chi connectivity index (χ1v) is 8.75. The largest absolute Gasteiger partial charge is 0.349 e. The molecule has 1 amide bonds. The molecule has 0 aliphatic carbocycles. The predicted octanol–water partition coefficient (Wildman–Crippen LogP) is 1.31. The van der Waals surface area contributed by atoms with E-state index in [1.54, 1.807) is 0 Å². The molecule has 130 valence electrons. The lowest BCUT2D eigenvalue weighted by Gasteiger charge is -2.35. The van der Waals surface area contributed by atoms with Crippen molar-refractivity contribution in [1.29, 1.82) is 0 Å². The molecule has 3 rings (SSSR count). The Kier molecular flexibility index (Phi) is 5.16. The number of nitrogens with one attached hydrogen (secondary N) is 1. The van der Waals surface area contributed by atoms with Crippen LogP contribution < -0.4 is 5.32 Å². The number of carbonyl (C=O) groups is 1. The molecule has 2 heterocycles. The van der Waals surface area contributed by atoms with Crippen LogP contribution in [0.2, 0.25) is 0 Å². The van der Waals surface area contributed by atoms with E-state index in [4.69, 9.17) is 0 Å². The lowest BCUT2D eigenvalue weighted by atomic mass is 10.2. The van der Waals surface area contributed by atoms with Gasteiger partial charge in [-0.1, -0.05) is 18.2 Å². The van der Waals surface area contributed by atoms with Gasteiger partial charge in [-0.3, -0.25) is 14.4 Å². The quantitative estimate of drug-likeness (QED) is 0.899. The van der Waals surface area contributed by atoms with Crippen molar-refractivity contribution >= 4 is 16.8 Å². The number of hydrogen-bond donors (Lipinski definition) is 1. The van der Waals surface area contributed by atoms with Gasteiger partial charge < -0.3 is 10.2 Å². The molecule has 24 heavy (non-hydrogen) atoms. The highest BCUT2D eigenvalue weighted by Crippen LogP contribution is 2.18. The maximum atomic E-state index is 12.5. The van der Waals surface area contributed by atoms with Gasteiger partial charge in [0, 0.05) is 38.1 Å². The Morgan fingerprint density at radius 1 is 1.25 bits per heavy atom. The molecule has 0 saturated carbocycles. The number of likely N-dealkylation sites (N-methyl/N-ethyl adjacent to an activating group) is 1. The molecule has 1 aromatic heterocycles. The molecule has 6 heteroatoms. The number of rotatable bonds is 5. The zero-order valence-corrected chi connectivity index (χ0v) is 14.8. The van der Waals surface area contributed by atoms with E-state index in [1.165, 1.54) is 0 Å². The van der Waals surface area contributed by atoms with E-state index < -0.39 is 0 Å². The van der Waals surface area contributed by atoms with Crippen LogP contribution in [-0.4, -0.2) is 64.8 Å². The van der Waals surface area contributed by atoms with E-state index in [9.17, 15) is 4.79 Å². The molecule has 1 aromatic carbocycles. The smallest absolute Gasteiger partial charge is 0.237 e. The van der Waals surface area contributed by atoms with Crippen molar-refractivity contribution in [3.8, 4) is 0 Å². The van der Waals surface area contributed by atoms with Crippen LogP contribution in [0.1, 0.15) is 19.5 Å². The second-order valence-corrected chi connectivity index (χ2v) is 6.51. The molecule has 0 unspecified atom stereocenters. The minimum atomic E-state index is -0.0989. The van der Waals surface area contributed by atoms with Crippen LogP contribution in [-0.2, 0) is 17.9 Å². The molecule has 1 aliphatic heterocycles. The van der Waals surface area contributed by atoms with Crippen LogP contribution in [0.25, 0.3) is 10.9 Å². The lowest BCUT2D eigenvalue weighted by Crippen LogP contribution is -2.52. The average molecular weight is 329 g/mol. The van der Waals surface area contributed by atoms with Gasteiger partial charge >= 0.3 is 0 Å². The molecule has 1 aliphatic rings. The van der Waals surface area contributed by atoms with E-state index in [0.717, 1.165) is 49.3 Å². The van der Waals surface area contributed by atoms with E-state index in [-0.39, 0.29) is 11.9 Å². The van der Waals surface area contributed by atoms with Crippen LogP contribution in [0.5, 0.6) is 0 Å². The Balaban J connectivity index is 1.64. The van der Waals surface area contributed by atoms with Crippen molar-refractivity contribution in [1.82, 2.24) is 24.9 Å². The summed E-state index contributed by atoms with van der Waals surface area (Å²) in [6.07, 6.45) is 0. The number of nitrogens with zero attached hydrogens (tertiary/aromatic N) is 4. The SMILES string of the molecule is CCn1nc(CNC(=O)[C@@H](C)N2CCN(C)CC2)c2ccccc21. The minimum Gasteiger partial charge on any atom is -0.349 e. The molecule has 0 radical (unpaired) electrons. The summed E-state index contributed by atoms with van der Waals surface area (Å²) in [5, 5.41) is 8.83. The number of para-hydroxylation sites is 1. The Hall–Kier alpha value is -1.92. The number of piperazine rings is 1. The standard InChI is InChI=1S/C18H27N5O/c1-4-23-17-8-6-5-7-15(17)16(20-23)13-19-18(24)14(2)22-11-9-21(3)10-12-22/h5-8,14H,4,9-13H2,1-3H3,(H,19,24)/t14-/m1/s1. The van der Waals surface area contributed by atoms with Gasteiger partial charge in [-0.2, -0.15) is 5.10 Å². The maximum Gasteiger partial charge on any atom is 0.237 e. The summed E-state index contributed by atoms with van der Waals surface area (Å²) in [4.78, 5) is 17.1. The minimum absolute atomic E-state index is 0.0784. The number of benzene rings is 1. The molecule has 0 bridgehead atoms. The summed E-state index contributed by atoms with van der Waals surface area (Å²) in [5.74, 6) is 0.0784. The summed E-state index contributed by atoms with van der Waals surface area (Å²) < 4.78 is 1.99.